The first-order chi connectivity index (χ1) is 20.0. The monoisotopic (exact) mass is 596 g/mol. The van der Waals surface area contributed by atoms with E-state index in [1.807, 2.05) is 43.6 Å². The summed E-state index contributed by atoms with van der Waals surface area (Å²) in [5.41, 5.74) is 3.29. The van der Waals surface area contributed by atoms with E-state index in [0.29, 0.717) is 36.3 Å². The maximum Gasteiger partial charge on any atom is 0.387 e. The zero-order valence-corrected chi connectivity index (χ0v) is 24.5. The summed E-state index contributed by atoms with van der Waals surface area (Å²) in [6.07, 6.45) is 0.475. The van der Waals surface area contributed by atoms with Gasteiger partial charge in [0.1, 0.15) is 17.5 Å². The molecule has 3 aromatic rings. The second-order valence-electron chi connectivity index (χ2n) is 11.0. The number of nitriles is 1. The number of likely N-dealkylation sites (N-methyl/N-ethyl adjacent to an activating group) is 1. The van der Waals surface area contributed by atoms with Gasteiger partial charge in [-0.2, -0.15) is 19.1 Å². The topological polar surface area (TPSA) is 94.7 Å². The first kappa shape index (κ1) is 29.5. The van der Waals surface area contributed by atoms with Crippen LogP contribution >= 0.6 is 11.6 Å². The lowest BCUT2D eigenvalue weighted by Crippen LogP contribution is -2.48. The van der Waals surface area contributed by atoms with Gasteiger partial charge < -0.3 is 19.4 Å². The molecule has 9 nitrogen and oxygen atoms in total. The van der Waals surface area contributed by atoms with Crippen LogP contribution in [0.5, 0.6) is 5.75 Å². The van der Waals surface area contributed by atoms with Gasteiger partial charge in [-0.25, -0.2) is 0 Å². The lowest BCUT2D eigenvalue weighted by molar-refractivity contribution is -0.0498. The van der Waals surface area contributed by atoms with E-state index in [1.54, 1.807) is 28.0 Å². The number of ether oxygens (including phenoxy) is 1. The van der Waals surface area contributed by atoms with Gasteiger partial charge in [0.25, 0.3) is 11.8 Å². The average Bonchev–Trinajstić information content (AvgIpc) is 3.32. The second kappa shape index (κ2) is 11.7. The largest absolute Gasteiger partial charge is 0.435 e. The molecule has 0 bridgehead atoms. The lowest BCUT2D eigenvalue weighted by Gasteiger charge is -2.39. The highest BCUT2D eigenvalue weighted by Crippen LogP contribution is 2.36. The predicted molar refractivity (Wildman–Crippen MR) is 152 cm³/mol. The normalized spacial score (nSPS) is 19.0. The molecular formula is C30H31ClF2N6O3. The number of nitrogens with zero attached hydrogens (tertiary/aromatic N) is 6. The molecule has 0 spiro atoms. The third-order valence-electron chi connectivity index (χ3n) is 7.88. The third-order valence-corrected chi connectivity index (χ3v) is 8.21. The molecule has 3 heterocycles. The van der Waals surface area contributed by atoms with Crippen LogP contribution in [0.4, 0.5) is 8.78 Å². The van der Waals surface area contributed by atoms with Crippen LogP contribution < -0.4 is 4.74 Å². The fourth-order valence-electron chi connectivity index (χ4n) is 5.76. The Bertz CT molecular complexity index is 1550. The number of alkyl halides is 2. The highest BCUT2D eigenvalue weighted by atomic mass is 35.5. The lowest BCUT2D eigenvalue weighted by atomic mass is 9.96. The minimum Gasteiger partial charge on any atom is -0.435 e. The van der Waals surface area contributed by atoms with Gasteiger partial charge in [0.2, 0.25) is 0 Å². The predicted octanol–water partition coefficient (Wildman–Crippen LogP) is 4.92. The Labute approximate surface area is 247 Å². The molecular weight excluding hydrogens is 566 g/mol. The van der Waals surface area contributed by atoms with E-state index in [-0.39, 0.29) is 52.8 Å². The van der Waals surface area contributed by atoms with E-state index in [9.17, 15) is 23.6 Å². The highest BCUT2D eigenvalue weighted by Gasteiger charge is 2.41. The van der Waals surface area contributed by atoms with E-state index in [2.05, 4.69) is 4.74 Å². The molecule has 2 amide bonds. The first-order valence-corrected chi connectivity index (χ1v) is 14.0. The van der Waals surface area contributed by atoms with Gasteiger partial charge in [-0.15, -0.1) is 0 Å². The van der Waals surface area contributed by atoms with Crippen molar-refractivity contribution in [2.75, 3.05) is 27.2 Å². The van der Waals surface area contributed by atoms with Crippen LogP contribution in [-0.2, 0) is 13.0 Å². The van der Waals surface area contributed by atoms with Crippen LogP contribution in [0, 0.1) is 11.3 Å². The number of fused-ring (bicyclic) bond motifs is 3. The van der Waals surface area contributed by atoms with Crippen molar-refractivity contribution in [2.45, 2.75) is 51.6 Å². The molecule has 0 radical (unpaired) electrons. The molecule has 12 heteroatoms. The summed E-state index contributed by atoms with van der Waals surface area (Å²) >= 11 is 6.08. The fraction of sp³-hybridized carbons (Fsp3) is 0.400. The number of hydrogen-bond acceptors (Lipinski definition) is 6. The SMILES string of the molecule is C[C@@H]1Cc2nn3c(c2CN1C(=O)c1ccc(Cl)c(C#N)c1)C(=O)N([C@@H](C)c1ccc(OC(F)F)cc1)C[C@H]3CN(C)C. The number of rotatable bonds is 7. The molecule has 2 aromatic carbocycles. The van der Waals surface area contributed by atoms with Crippen molar-refractivity contribution in [3.05, 3.63) is 81.1 Å². The number of aromatic nitrogens is 2. The van der Waals surface area contributed by atoms with Crippen LogP contribution in [0.15, 0.2) is 42.5 Å². The smallest absolute Gasteiger partial charge is 0.387 e. The number of halogens is 3. The van der Waals surface area contributed by atoms with Gasteiger partial charge in [0.05, 0.1) is 34.9 Å². The van der Waals surface area contributed by atoms with Crippen molar-refractivity contribution in [3.8, 4) is 11.8 Å². The Balaban J connectivity index is 1.49. The number of carbonyl (C=O) groups excluding carboxylic acids is 2. The van der Waals surface area contributed by atoms with Gasteiger partial charge in [0.15, 0.2) is 0 Å². The molecule has 2 aliphatic heterocycles. The molecule has 220 valence electrons. The van der Waals surface area contributed by atoms with Gasteiger partial charge >= 0.3 is 6.61 Å². The van der Waals surface area contributed by atoms with Crippen LogP contribution in [0.3, 0.4) is 0 Å². The minimum absolute atomic E-state index is 0.0463. The van der Waals surface area contributed by atoms with Crippen molar-refractivity contribution in [2.24, 2.45) is 0 Å². The Hall–Kier alpha value is -4.01. The van der Waals surface area contributed by atoms with E-state index < -0.39 is 6.61 Å². The van der Waals surface area contributed by atoms with Crippen LogP contribution in [0.2, 0.25) is 5.02 Å². The molecule has 0 N–H and O–H groups in total. The maximum atomic E-state index is 14.1. The second-order valence-corrected chi connectivity index (χ2v) is 11.4. The standard InChI is InChI=1S/C30H31ClF2N6O3/c1-17-11-26-24(16-37(17)28(40)20-7-10-25(31)21(12-20)13-34)27-29(41)38(15-22(14-36(3)4)39(27)35-26)18(2)19-5-8-23(9-6-19)42-30(32)33/h5-10,12,17-18,22,30H,11,14-16H2,1-4H3/t17-,18+,22-/m1/s1. The maximum absolute atomic E-state index is 14.1. The molecule has 0 aliphatic carbocycles. The average molecular weight is 597 g/mol. The summed E-state index contributed by atoms with van der Waals surface area (Å²) in [6, 6.07) is 12.2. The van der Waals surface area contributed by atoms with Crippen molar-refractivity contribution in [1.29, 1.82) is 5.26 Å². The molecule has 0 fully saturated rings. The summed E-state index contributed by atoms with van der Waals surface area (Å²) in [4.78, 5) is 33.3. The van der Waals surface area contributed by atoms with E-state index in [4.69, 9.17) is 16.7 Å². The zero-order valence-electron chi connectivity index (χ0n) is 23.7. The van der Waals surface area contributed by atoms with Gasteiger partial charge in [0, 0.05) is 36.7 Å². The highest BCUT2D eigenvalue weighted by molar-refractivity contribution is 6.31. The number of carbonyl (C=O) groups is 2. The van der Waals surface area contributed by atoms with Gasteiger partial charge in [-0.1, -0.05) is 23.7 Å². The molecule has 42 heavy (non-hydrogen) atoms. The molecule has 5 rings (SSSR count). The minimum atomic E-state index is -2.92. The quantitative estimate of drug-likeness (QED) is 0.384. The van der Waals surface area contributed by atoms with Gasteiger partial charge in [-0.05, 0) is 63.8 Å². The molecule has 3 atom stereocenters. The van der Waals surface area contributed by atoms with Crippen LogP contribution in [-0.4, -0.2) is 76.1 Å². The molecule has 1 aromatic heterocycles. The summed E-state index contributed by atoms with van der Waals surface area (Å²) in [6.45, 7) is 2.15. The Morgan fingerprint density at radius 1 is 1.24 bits per heavy atom. The molecule has 2 aliphatic rings. The van der Waals surface area contributed by atoms with Crippen molar-refractivity contribution >= 4 is 23.4 Å². The summed E-state index contributed by atoms with van der Waals surface area (Å²) in [7, 11) is 3.91. The first-order valence-electron chi connectivity index (χ1n) is 13.6. The number of benzene rings is 2. The molecule has 0 saturated heterocycles. The molecule has 0 unspecified atom stereocenters. The summed E-state index contributed by atoms with van der Waals surface area (Å²) < 4.78 is 31.6. The van der Waals surface area contributed by atoms with E-state index >= 15 is 0 Å². The third kappa shape index (κ3) is 5.56. The fourth-order valence-corrected chi connectivity index (χ4v) is 5.92. The molecule has 0 saturated carbocycles. The van der Waals surface area contributed by atoms with E-state index in [1.165, 1.54) is 24.3 Å². The Morgan fingerprint density at radius 3 is 2.60 bits per heavy atom. The van der Waals surface area contributed by atoms with Crippen LogP contribution in [0.1, 0.15) is 69.2 Å². The van der Waals surface area contributed by atoms with Crippen molar-refractivity contribution < 1.29 is 23.1 Å². The summed E-state index contributed by atoms with van der Waals surface area (Å²) in [5, 5.41) is 14.6. The van der Waals surface area contributed by atoms with Gasteiger partial charge in [-0.3, -0.25) is 14.3 Å². The number of amides is 2. The van der Waals surface area contributed by atoms with Crippen molar-refractivity contribution in [3.63, 3.8) is 0 Å². The Kier molecular flexibility index (Phi) is 8.21. The van der Waals surface area contributed by atoms with Crippen molar-refractivity contribution in [1.82, 2.24) is 24.5 Å². The Morgan fingerprint density at radius 2 is 1.95 bits per heavy atom. The zero-order chi connectivity index (χ0) is 30.3. The van der Waals surface area contributed by atoms with Crippen LogP contribution in [0.25, 0.3) is 0 Å². The number of hydrogen-bond donors (Lipinski definition) is 0. The van der Waals surface area contributed by atoms with E-state index in [0.717, 1.165) is 11.3 Å². The summed E-state index contributed by atoms with van der Waals surface area (Å²) in [5.74, 6) is -0.421.